The third kappa shape index (κ3) is 1.37. The first-order chi connectivity index (χ1) is 5.97. The largest absolute Gasteiger partial charge is 0.0537 e. The lowest BCUT2D eigenvalue weighted by atomic mass is 10.1. The lowest BCUT2D eigenvalue weighted by molar-refractivity contribution is 1.59. The Bertz CT molecular complexity index is 297. The minimum absolute atomic E-state index is 1.14. The van der Waals surface area contributed by atoms with E-state index in [1.54, 1.807) is 0 Å². The second-order valence-corrected chi connectivity index (χ2v) is 2.44. The molecule has 0 spiro atoms. The molecule has 0 heterocycles. The van der Waals surface area contributed by atoms with Crippen LogP contribution in [0, 0.1) is 24.3 Å². The van der Waals surface area contributed by atoms with Crippen molar-refractivity contribution < 1.29 is 0 Å². The van der Waals surface area contributed by atoms with Crippen LogP contribution in [0.15, 0.2) is 36.4 Å². The highest BCUT2D eigenvalue weighted by atomic mass is 14.0. The maximum absolute atomic E-state index is 2.91. The van der Waals surface area contributed by atoms with Gasteiger partial charge >= 0.3 is 0 Å². The first-order valence-electron chi connectivity index (χ1n) is 3.73. The van der Waals surface area contributed by atoms with Crippen molar-refractivity contribution in [2.75, 3.05) is 0 Å². The molecule has 0 nitrogen and oxygen atoms in total. The van der Waals surface area contributed by atoms with Crippen molar-refractivity contribution in [1.29, 1.82) is 0 Å². The van der Waals surface area contributed by atoms with E-state index in [1.165, 1.54) is 0 Å². The minimum Gasteiger partial charge on any atom is -0.0537 e. The van der Waals surface area contributed by atoms with Crippen LogP contribution in [-0.4, -0.2) is 0 Å². The molecule has 0 heteroatoms. The average molecular weight is 150 g/mol. The molecule has 2 aromatic carbocycles. The molecule has 2 rings (SSSR count). The summed E-state index contributed by atoms with van der Waals surface area (Å²) in [6, 6.07) is 23.1. The summed E-state index contributed by atoms with van der Waals surface area (Å²) >= 11 is 0. The van der Waals surface area contributed by atoms with Gasteiger partial charge in [0.05, 0.1) is 0 Å². The summed E-state index contributed by atoms with van der Waals surface area (Å²) in [5.41, 5.74) is 2.28. The van der Waals surface area contributed by atoms with Crippen molar-refractivity contribution in [3.63, 3.8) is 0 Å². The van der Waals surface area contributed by atoms with Gasteiger partial charge in [-0.1, -0.05) is 24.3 Å². The molecule has 0 amide bonds. The second kappa shape index (κ2) is 3.22. The first kappa shape index (κ1) is 7.11. The molecular formula is C12H6. The highest BCUT2D eigenvalue weighted by Gasteiger charge is 1.92. The fourth-order valence-electron chi connectivity index (χ4n) is 1.05. The molecule has 0 aliphatic rings. The molecule has 0 aliphatic heterocycles. The van der Waals surface area contributed by atoms with Gasteiger partial charge in [0.2, 0.25) is 0 Å². The predicted octanol–water partition coefficient (Wildman–Crippen LogP) is 2.55. The first-order valence-corrected chi connectivity index (χ1v) is 3.73. The average Bonchev–Trinajstić information content (AvgIpc) is 2.21. The summed E-state index contributed by atoms with van der Waals surface area (Å²) < 4.78 is 0. The van der Waals surface area contributed by atoms with E-state index in [1.807, 2.05) is 36.4 Å². The van der Waals surface area contributed by atoms with Gasteiger partial charge in [-0.2, -0.15) is 0 Å². The van der Waals surface area contributed by atoms with E-state index in [2.05, 4.69) is 24.3 Å². The molecule has 0 aliphatic carbocycles. The molecule has 0 saturated carbocycles. The molecule has 0 atom stereocenters. The summed E-state index contributed by atoms with van der Waals surface area (Å²) in [7, 11) is 0. The number of benzene rings is 2. The van der Waals surface area contributed by atoms with E-state index in [4.69, 9.17) is 0 Å². The van der Waals surface area contributed by atoms with E-state index in [0.717, 1.165) is 11.1 Å². The van der Waals surface area contributed by atoms with Crippen LogP contribution < -0.4 is 0 Å². The van der Waals surface area contributed by atoms with Crippen molar-refractivity contribution >= 4 is 0 Å². The Kier molecular flexibility index (Phi) is 1.91. The Morgan fingerprint density at radius 3 is 1.50 bits per heavy atom. The van der Waals surface area contributed by atoms with Gasteiger partial charge in [-0.25, -0.2) is 0 Å². The smallest absolute Gasteiger partial charge is 0.00926 e. The number of rotatable bonds is 1. The third-order valence-electron chi connectivity index (χ3n) is 1.65. The zero-order valence-corrected chi connectivity index (χ0v) is 6.46. The van der Waals surface area contributed by atoms with Crippen LogP contribution in [0.2, 0.25) is 0 Å². The lowest BCUT2D eigenvalue weighted by Gasteiger charge is -1.97. The second-order valence-electron chi connectivity index (χ2n) is 2.44. The molecule has 0 N–H and O–H groups in total. The molecule has 4 radical (unpaired) electrons. The van der Waals surface area contributed by atoms with E-state index in [-0.39, 0.29) is 0 Å². The normalized spacial score (nSPS) is 9.67. The van der Waals surface area contributed by atoms with Gasteiger partial charge in [0.15, 0.2) is 0 Å². The van der Waals surface area contributed by atoms with Crippen molar-refractivity contribution in [3.05, 3.63) is 60.7 Å². The molecule has 0 aromatic heterocycles. The fourth-order valence-corrected chi connectivity index (χ4v) is 1.05. The van der Waals surface area contributed by atoms with Crippen LogP contribution >= 0.6 is 0 Å². The van der Waals surface area contributed by atoms with Crippen molar-refractivity contribution in [1.82, 2.24) is 0 Å². The highest BCUT2D eigenvalue weighted by molar-refractivity contribution is 5.62. The minimum atomic E-state index is 1.14. The number of hydrogen-bond donors (Lipinski definition) is 0. The fraction of sp³-hybridized carbons (Fsp3) is 0. The standard InChI is InChI=1S/C12H6/c1-3-7-11(8-4-1)12-9-5-2-6-10-12/h3,5,7-10H. The zero-order valence-electron chi connectivity index (χ0n) is 6.46. The summed E-state index contributed by atoms with van der Waals surface area (Å²) in [6.07, 6.45) is 0. The maximum Gasteiger partial charge on any atom is -0.00926 e. The van der Waals surface area contributed by atoms with Gasteiger partial charge in [-0.15, -0.1) is 0 Å². The van der Waals surface area contributed by atoms with Crippen LogP contribution in [-0.2, 0) is 0 Å². The summed E-state index contributed by atoms with van der Waals surface area (Å²) in [5, 5.41) is 0. The van der Waals surface area contributed by atoms with Gasteiger partial charge in [0.1, 0.15) is 0 Å². The Hall–Kier alpha value is -1.56. The summed E-state index contributed by atoms with van der Waals surface area (Å²) in [5.74, 6) is 0. The SMILES string of the molecule is [c]1[c]cc(-c2c[c][c]cc2)cc1. The van der Waals surface area contributed by atoms with Crippen LogP contribution in [0.5, 0.6) is 0 Å². The Labute approximate surface area is 72.5 Å². The topological polar surface area (TPSA) is 0 Å². The molecule has 54 valence electrons. The van der Waals surface area contributed by atoms with Gasteiger partial charge in [0.25, 0.3) is 0 Å². The molecule has 2 aromatic rings. The van der Waals surface area contributed by atoms with Crippen molar-refractivity contribution in [2.45, 2.75) is 0 Å². The monoisotopic (exact) mass is 150 g/mol. The van der Waals surface area contributed by atoms with Gasteiger partial charge in [-0.3, -0.25) is 0 Å². The molecule has 0 unspecified atom stereocenters. The molecule has 12 heavy (non-hydrogen) atoms. The van der Waals surface area contributed by atoms with Gasteiger partial charge in [0, 0.05) is 0 Å². The lowest BCUT2D eigenvalue weighted by Crippen LogP contribution is -1.74. The van der Waals surface area contributed by atoms with E-state index < -0.39 is 0 Å². The van der Waals surface area contributed by atoms with Crippen molar-refractivity contribution in [3.8, 4) is 11.1 Å². The number of hydrogen-bond acceptors (Lipinski definition) is 0. The van der Waals surface area contributed by atoms with Gasteiger partial charge < -0.3 is 0 Å². The highest BCUT2D eigenvalue weighted by Crippen LogP contribution is 2.16. The van der Waals surface area contributed by atoms with Crippen LogP contribution in [0.4, 0.5) is 0 Å². The Morgan fingerprint density at radius 2 is 1.17 bits per heavy atom. The zero-order chi connectivity index (χ0) is 8.23. The summed E-state index contributed by atoms with van der Waals surface area (Å²) in [6.45, 7) is 0. The van der Waals surface area contributed by atoms with E-state index >= 15 is 0 Å². The van der Waals surface area contributed by atoms with Gasteiger partial charge in [-0.05, 0) is 47.5 Å². The predicted molar refractivity (Wildman–Crippen MR) is 47.2 cm³/mol. The molecular weight excluding hydrogens is 144 g/mol. The van der Waals surface area contributed by atoms with Crippen LogP contribution in [0.1, 0.15) is 0 Å². The van der Waals surface area contributed by atoms with E-state index in [9.17, 15) is 0 Å². The Balaban J connectivity index is 2.46. The quantitative estimate of drug-likeness (QED) is 0.586. The van der Waals surface area contributed by atoms with Crippen LogP contribution in [0.3, 0.4) is 0 Å². The molecule has 0 saturated heterocycles. The molecule has 0 fully saturated rings. The van der Waals surface area contributed by atoms with Crippen LogP contribution in [0.25, 0.3) is 11.1 Å². The summed E-state index contributed by atoms with van der Waals surface area (Å²) in [4.78, 5) is 0. The Morgan fingerprint density at radius 1 is 0.667 bits per heavy atom. The molecule has 0 bridgehead atoms. The maximum atomic E-state index is 2.91. The van der Waals surface area contributed by atoms with E-state index in [0.29, 0.717) is 0 Å². The third-order valence-corrected chi connectivity index (χ3v) is 1.65. The van der Waals surface area contributed by atoms with Crippen molar-refractivity contribution in [2.24, 2.45) is 0 Å².